The van der Waals surface area contributed by atoms with E-state index in [0.29, 0.717) is 6.61 Å². The summed E-state index contributed by atoms with van der Waals surface area (Å²) in [6, 6.07) is 5.74. The lowest BCUT2D eigenvalue weighted by Crippen LogP contribution is -2.11. The van der Waals surface area contributed by atoms with E-state index in [0.717, 1.165) is 11.1 Å². The number of alkyl halides is 1. The molecule has 1 aromatic carbocycles. The minimum atomic E-state index is -0.704. The van der Waals surface area contributed by atoms with Crippen LogP contribution in [0.1, 0.15) is 29.0 Å². The van der Waals surface area contributed by atoms with Crippen molar-refractivity contribution in [3.63, 3.8) is 0 Å². The normalized spacial score (nSPS) is 12.3. The molecule has 0 heterocycles. The molecule has 1 rings (SSSR count). The van der Waals surface area contributed by atoms with E-state index in [2.05, 4.69) is 0 Å². The Balaban J connectivity index is 2.86. The highest BCUT2D eigenvalue weighted by Crippen LogP contribution is 2.23. The molecule has 2 nitrogen and oxygen atoms in total. The molecule has 1 unspecified atom stereocenters. The first kappa shape index (κ1) is 12.1. The fourth-order valence-corrected chi connectivity index (χ4v) is 1.47. The van der Waals surface area contributed by atoms with Gasteiger partial charge in [-0.15, -0.1) is 11.6 Å². The van der Waals surface area contributed by atoms with Crippen molar-refractivity contribution < 1.29 is 9.53 Å². The third-order valence-electron chi connectivity index (χ3n) is 2.32. The number of carbonyl (C=O) groups excluding carboxylic acids is 1. The molecular formula is C12H15ClO2. The fraction of sp³-hybridized carbons (Fsp3) is 0.417. The van der Waals surface area contributed by atoms with Crippen molar-refractivity contribution in [1.82, 2.24) is 0 Å². The van der Waals surface area contributed by atoms with Gasteiger partial charge in [-0.2, -0.15) is 0 Å². The fourth-order valence-electron chi connectivity index (χ4n) is 1.27. The van der Waals surface area contributed by atoms with Crippen LogP contribution in [-0.4, -0.2) is 12.6 Å². The van der Waals surface area contributed by atoms with Crippen LogP contribution in [0.3, 0.4) is 0 Å². The average Bonchev–Trinajstić information content (AvgIpc) is 2.21. The number of esters is 1. The second-order valence-electron chi connectivity index (χ2n) is 3.46. The number of rotatable bonds is 3. The molecule has 1 aromatic rings. The first-order chi connectivity index (χ1) is 7.06. The smallest absolute Gasteiger partial charge is 0.328 e. The van der Waals surface area contributed by atoms with E-state index in [-0.39, 0.29) is 5.97 Å². The highest BCUT2D eigenvalue weighted by molar-refractivity contribution is 6.29. The summed E-state index contributed by atoms with van der Waals surface area (Å²) in [4.78, 5) is 11.4. The summed E-state index contributed by atoms with van der Waals surface area (Å²) in [5.74, 6) is -0.387. The van der Waals surface area contributed by atoms with Gasteiger partial charge in [-0.3, -0.25) is 4.79 Å². The third kappa shape index (κ3) is 2.96. The molecule has 0 amide bonds. The van der Waals surface area contributed by atoms with Gasteiger partial charge in [0, 0.05) is 0 Å². The number of benzene rings is 1. The Kier molecular flexibility index (Phi) is 4.15. The Morgan fingerprint density at radius 2 is 2.07 bits per heavy atom. The van der Waals surface area contributed by atoms with E-state index >= 15 is 0 Å². The van der Waals surface area contributed by atoms with Crippen LogP contribution < -0.4 is 0 Å². The molecule has 0 aliphatic rings. The van der Waals surface area contributed by atoms with Gasteiger partial charge in [0.05, 0.1) is 6.61 Å². The van der Waals surface area contributed by atoms with E-state index < -0.39 is 5.38 Å². The zero-order chi connectivity index (χ0) is 11.4. The van der Waals surface area contributed by atoms with E-state index in [4.69, 9.17) is 16.3 Å². The van der Waals surface area contributed by atoms with Crippen LogP contribution in [0.15, 0.2) is 18.2 Å². The summed E-state index contributed by atoms with van der Waals surface area (Å²) in [6.45, 7) is 6.13. The van der Waals surface area contributed by atoms with Crippen LogP contribution in [0, 0.1) is 13.8 Å². The monoisotopic (exact) mass is 226 g/mol. The molecule has 1 atom stereocenters. The standard InChI is InChI=1S/C12H15ClO2/c1-4-15-12(14)11(13)10-6-5-8(2)9(3)7-10/h5-7,11H,4H2,1-3H3. The van der Waals surface area contributed by atoms with Gasteiger partial charge < -0.3 is 4.74 Å². The maximum atomic E-state index is 11.4. The molecule has 82 valence electrons. The van der Waals surface area contributed by atoms with E-state index in [1.807, 2.05) is 32.0 Å². The van der Waals surface area contributed by atoms with Gasteiger partial charge in [0.15, 0.2) is 5.38 Å². The zero-order valence-corrected chi connectivity index (χ0v) is 9.97. The van der Waals surface area contributed by atoms with Crippen LogP contribution in [0.4, 0.5) is 0 Å². The Morgan fingerprint density at radius 1 is 1.40 bits per heavy atom. The molecule has 0 saturated heterocycles. The van der Waals surface area contributed by atoms with Crippen LogP contribution >= 0.6 is 11.6 Å². The van der Waals surface area contributed by atoms with Gasteiger partial charge in [0.2, 0.25) is 0 Å². The van der Waals surface area contributed by atoms with Crippen molar-refractivity contribution in [2.45, 2.75) is 26.1 Å². The van der Waals surface area contributed by atoms with Crippen molar-refractivity contribution in [3.05, 3.63) is 34.9 Å². The predicted molar refractivity (Wildman–Crippen MR) is 61.1 cm³/mol. The Hall–Kier alpha value is -1.02. The Labute approximate surface area is 95.2 Å². The van der Waals surface area contributed by atoms with Gasteiger partial charge in [-0.1, -0.05) is 18.2 Å². The first-order valence-electron chi connectivity index (χ1n) is 4.94. The van der Waals surface area contributed by atoms with Crippen molar-refractivity contribution in [2.24, 2.45) is 0 Å². The number of ether oxygens (including phenoxy) is 1. The SMILES string of the molecule is CCOC(=O)C(Cl)c1ccc(C)c(C)c1. The second-order valence-corrected chi connectivity index (χ2v) is 3.89. The molecule has 0 aromatic heterocycles. The van der Waals surface area contributed by atoms with Crippen LogP contribution in [0.25, 0.3) is 0 Å². The number of carbonyl (C=O) groups is 1. The highest BCUT2D eigenvalue weighted by Gasteiger charge is 2.18. The molecule has 0 bridgehead atoms. The molecule has 0 spiro atoms. The van der Waals surface area contributed by atoms with Crippen LogP contribution in [-0.2, 0) is 9.53 Å². The maximum Gasteiger partial charge on any atom is 0.328 e. The van der Waals surface area contributed by atoms with Crippen molar-refractivity contribution in [2.75, 3.05) is 6.61 Å². The quantitative estimate of drug-likeness (QED) is 0.585. The summed E-state index contributed by atoms with van der Waals surface area (Å²) in [5.41, 5.74) is 3.10. The molecule has 15 heavy (non-hydrogen) atoms. The summed E-state index contributed by atoms with van der Waals surface area (Å²) in [6.07, 6.45) is 0. The Bertz CT molecular complexity index is 361. The maximum absolute atomic E-state index is 11.4. The third-order valence-corrected chi connectivity index (χ3v) is 2.75. The summed E-state index contributed by atoms with van der Waals surface area (Å²) >= 11 is 5.99. The molecule has 0 fully saturated rings. The molecule has 0 aliphatic carbocycles. The van der Waals surface area contributed by atoms with Crippen LogP contribution in [0.5, 0.6) is 0 Å². The molecule has 0 aliphatic heterocycles. The largest absolute Gasteiger partial charge is 0.465 e. The first-order valence-corrected chi connectivity index (χ1v) is 5.37. The van der Waals surface area contributed by atoms with Crippen LogP contribution in [0.2, 0.25) is 0 Å². The molecule has 0 N–H and O–H groups in total. The lowest BCUT2D eigenvalue weighted by atomic mass is 10.0. The van der Waals surface area contributed by atoms with Gasteiger partial charge in [-0.05, 0) is 37.5 Å². The number of halogens is 1. The van der Waals surface area contributed by atoms with E-state index in [1.54, 1.807) is 6.92 Å². The lowest BCUT2D eigenvalue weighted by molar-refractivity contribution is -0.142. The average molecular weight is 227 g/mol. The summed E-state index contributed by atoms with van der Waals surface area (Å²) in [5, 5.41) is -0.704. The van der Waals surface area contributed by atoms with E-state index in [1.165, 1.54) is 5.56 Å². The number of aryl methyl sites for hydroxylation is 2. The Morgan fingerprint density at radius 3 is 2.60 bits per heavy atom. The van der Waals surface area contributed by atoms with Gasteiger partial charge in [0.1, 0.15) is 0 Å². The molecule has 0 radical (unpaired) electrons. The predicted octanol–water partition coefficient (Wildman–Crippen LogP) is 3.15. The lowest BCUT2D eigenvalue weighted by Gasteiger charge is -2.10. The summed E-state index contributed by atoms with van der Waals surface area (Å²) < 4.78 is 4.86. The van der Waals surface area contributed by atoms with Gasteiger partial charge >= 0.3 is 5.97 Å². The van der Waals surface area contributed by atoms with Gasteiger partial charge in [0.25, 0.3) is 0 Å². The minimum Gasteiger partial charge on any atom is -0.465 e. The second kappa shape index (κ2) is 5.17. The van der Waals surface area contributed by atoms with E-state index in [9.17, 15) is 4.79 Å². The highest BCUT2D eigenvalue weighted by atomic mass is 35.5. The van der Waals surface area contributed by atoms with Gasteiger partial charge in [-0.25, -0.2) is 0 Å². The zero-order valence-electron chi connectivity index (χ0n) is 9.21. The van der Waals surface area contributed by atoms with Crippen molar-refractivity contribution in [1.29, 1.82) is 0 Å². The minimum absolute atomic E-state index is 0.354. The van der Waals surface area contributed by atoms with Crippen molar-refractivity contribution >= 4 is 17.6 Å². The number of hydrogen-bond donors (Lipinski definition) is 0. The molecule has 0 saturated carbocycles. The number of hydrogen-bond acceptors (Lipinski definition) is 2. The van der Waals surface area contributed by atoms with Crippen molar-refractivity contribution in [3.8, 4) is 0 Å². The summed E-state index contributed by atoms with van der Waals surface area (Å²) in [7, 11) is 0. The molecular weight excluding hydrogens is 212 g/mol. The topological polar surface area (TPSA) is 26.3 Å². The molecule has 3 heteroatoms.